The van der Waals surface area contributed by atoms with E-state index < -0.39 is 12.0 Å². The van der Waals surface area contributed by atoms with Crippen LogP contribution in [0.2, 0.25) is 0 Å². The second-order valence-electron chi connectivity index (χ2n) is 5.09. The van der Waals surface area contributed by atoms with Gasteiger partial charge >= 0.3 is 6.61 Å². The summed E-state index contributed by atoms with van der Waals surface area (Å²) in [6.45, 7) is 1.95. The van der Waals surface area contributed by atoms with Crippen molar-refractivity contribution in [2.45, 2.75) is 27.0 Å². The van der Waals surface area contributed by atoms with Gasteiger partial charge in [0.25, 0.3) is 0 Å². The van der Waals surface area contributed by atoms with Gasteiger partial charge in [0.05, 0.1) is 5.41 Å². The molecule has 20 heavy (non-hydrogen) atoms. The van der Waals surface area contributed by atoms with Gasteiger partial charge in [-0.3, -0.25) is 4.79 Å². The molecule has 1 rings (SSSR count). The SMILES string of the molecule is CNC(=O)C(C)(C)CNCc1ccc(OC(F)F)cc1. The van der Waals surface area contributed by atoms with Crippen LogP contribution in [-0.2, 0) is 11.3 Å². The van der Waals surface area contributed by atoms with Crippen LogP contribution in [0.25, 0.3) is 0 Å². The van der Waals surface area contributed by atoms with E-state index in [1.54, 1.807) is 19.2 Å². The Kier molecular flexibility index (Phi) is 5.88. The van der Waals surface area contributed by atoms with E-state index in [0.717, 1.165) is 5.56 Å². The van der Waals surface area contributed by atoms with E-state index in [0.29, 0.717) is 13.1 Å². The zero-order valence-electron chi connectivity index (χ0n) is 11.9. The summed E-state index contributed by atoms with van der Waals surface area (Å²) in [7, 11) is 1.60. The van der Waals surface area contributed by atoms with E-state index in [1.165, 1.54) is 12.1 Å². The number of rotatable bonds is 7. The Bertz CT molecular complexity index is 433. The van der Waals surface area contributed by atoms with E-state index in [1.807, 2.05) is 13.8 Å². The zero-order chi connectivity index (χ0) is 15.2. The minimum atomic E-state index is -2.81. The van der Waals surface area contributed by atoms with Crippen LogP contribution in [0.3, 0.4) is 0 Å². The zero-order valence-corrected chi connectivity index (χ0v) is 11.9. The van der Waals surface area contributed by atoms with Crippen molar-refractivity contribution in [2.24, 2.45) is 5.41 Å². The van der Waals surface area contributed by atoms with E-state index >= 15 is 0 Å². The number of benzene rings is 1. The molecular weight excluding hydrogens is 266 g/mol. The summed E-state index contributed by atoms with van der Waals surface area (Å²) in [6, 6.07) is 6.40. The lowest BCUT2D eigenvalue weighted by atomic mass is 9.92. The molecule has 0 heterocycles. The number of halogens is 2. The van der Waals surface area contributed by atoms with Gasteiger partial charge in [0.1, 0.15) is 5.75 Å². The number of carbonyl (C=O) groups excluding carboxylic acids is 1. The van der Waals surface area contributed by atoms with Crippen LogP contribution in [0.5, 0.6) is 5.75 Å². The van der Waals surface area contributed by atoms with Crippen molar-refractivity contribution in [3.05, 3.63) is 29.8 Å². The van der Waals surface area contributed by atoms with Crippen LogP contribution in [0, 0.1) is 5.41 Å². The molecule has 0 aliphatic rings. The van der Waals surface area contributed by atoms with Crippen LogP contribution in [0.1, 0.15) is 19.4 Å². The fourth-order valence-corrected chi connectivity index (χ4v) is 1.73. The summed E-state index contributed by atoms with van der Waals surface area (Å²) < 4.78 is 28.3. The highest BCUT2D eigenvalue weighted by atomic mass is 19.3. The Morgan fingerprint density at radius 1 is 1.30 bits per heavy atom. The fourth-order valence-electron chi connectivity index (χ4n) is 1.73. The molecule has 0 saturated carbocycles. The van der Waals surface area contributed by atoms with Gasteiger partial charge in [-0.25, -0.2) is 0 Å². The number of ether oxygens (including phenoxy) is 1. The first-order chi connectivity index (χ1) is 9.35. The lowest BCUT2D eigenvalue weighted by Crippen LogP contribution is -2.41. The predicted molar refractivity (Wildman–Crippen MR) is 72.6 cm³/mol. The fraction of sp³-hybridized carbons (Fsp3) is 0.500. The molecule has 1 aromatic rings. The third-order valence-corrected chi connectivity index (χ3v) is 2.89. The molecule has 0 spiro atoms. The highest BCUT2D eigenvalue weighted by molar-refractivity contribution is 5.81. The van der Waals surface area contributed by atoms with Crippen molar-refractivity contribution in [2.75, 3.05) is 13.6 Å². The van der Waals surface area contributed by atoms with Crippen molar-refractivity contribution >= 4 is 5.91 Å². The maximum Gasteiger partial charge on any atom is 0.387 e. The molecule has 0 aromatic heterocycles. The largest absolute Gasteiger partial charge is 0.435 e. The highest BCUT2D eigenvalue weighted by Gasteiger charge is 2.25. The van der Waals surface area contributed by atoms with Crippen LogP contribution in [0.15, 0.2) is 24.3 Å². The smallest absolute Gasteiger partial charge is 0.387 e. The van der Waals surface area contributed by atoms with Crippen molar-refractivity contribution < 1.29 is 18.3 Å². The average molecular weight is 286 g/mol. The normalized spacial score (nSPS) is 11.5. The number of nitrogens with one attached hydrogen (secondary N) is 2. The lowest BCUT2D eigenvalue weighted by Gasteiger charge is -2.23. The van der Waals surface area contributed by atoms with E-state index in [-0.39, 0.29) is 11.7 Å². The average Bonchev–Trinajstić information content (AvgIpc) is 2.39. The maximum atomic E-state index is 12.0. The van der Waals surface area contributed by atoms with Gasteiger partial charge in [0.15, 0.2) is 0 Å². The monoisotopic (exact) mass is 286 g/mol. The molecule has 0 unspecified atom stereocenters. The van der Waals surface area contributed by atoms with Gasteiger partial charge < -0.3 is 15.4 Å². The highest BCUT2D eigenvalue weighted by Crippen LogP contribution is 2.16. The Balaban J connectivity index is 2.44. The summed E-state index contributed by atoms with van der Waals surface area (Å²) in [5.41, 5.74) is 0.423. The summed E-state index contributed by atoms with van der Waals surface area (Å²) >= 11 is 0. The van der Waals surface area contributed by atoms with Crippen LogP contribution < -0.4 is 15.4 Å². The standard InChI is InChI=1S/C14H20F2N2O2/c1-14(2,12(19)17-3)9-18-8-10-4-6-11(7-5-10)20-13(15)16/h4-7,13,18H,8-9H2,1-3H3,(H,17,19). The molecule has 0 atom stereocenters. The minimum absolute atomic E-state index is 0.0364. The molecule has 0 fully saturated rings. The molecule has 1 amide bonds. The molecule has 1 aromatic carbocycles. The molecule has 0 aliphatic carbocycles. The molecule has 4 nitrogen and oxygen atoms in total. The summed E-state index contributed by atoms with van der Waals surface area (Å²) in [4.78, 5) is 11.6. The van der Waals surface area contributed by atoms with Crippen molar-refractivity contribution in [1.82, 2.24) is 10.6 Å². The number of alkyl halides is 2. The first-order valence-corrected chi connectivity index (χ1v) is 6.32. The van der Waals surface area contributed by atoms with Crippen molar-refractivity contribution in [1.29, 1.82) is 0 Å². The second kappa shape index (κ2) is 7.19. The minimum Gasteiger partial charge on any atom is -0.435 e. The van der Waals surface area contributed by atoms with E-state index in [4.69, 9.17) is 0 Å². The second-order valence-corrected chi connectivity index (χ2v) is 5.09. The first kappa shape index (κ1) is 16.4. The van der Waals surface area contributed by atoms with Gasteiger partial charge in [0.2, 0.25) is 5.91 Å². The number of amides is 1. The Hall–Kier alpha value is -1.69. The Labute approximate surface area is 117 Å². The lowest BCUT2D eigenvalue weighted by molar-refractivity contribution is -0.128. The number of hydrogen-bond donors (Lipinski definition) is 2. The summed E-state index contributed by atoms with van der Waals surface area (Å²) in [5.74, 6) is 0.0973. The molecule has 6 heteroatoms. The summed E-state index contributed by atoms with van der Waals surface area (Å²) in [5, 5.41) is 5.78. The van der Waals surface area contributed by atoms with E-state index in [2.05, 4.69) is 15.4 Å². The van der Waals surface area contributed by atoms with Gasteiger partial charge in [-0.05, 0) is 31.5 Å². The van der Waals surface area contributed by atoms with Crippen molar-refractivity contribution in [3.63, 3.8) is 0 Å². The van der Waals surface area contributed by atoms with E-state index in [9.17, 15) is 13.6 Å². The maximum absolute atomic E-state index is 12.0. The van der Waals surface area contributed by atoms with Gasteiger partial charge in [-0.1, -0.05) is 12.1 Å². The Morgan fingerprint density at radius 3 is 2.40 bits per heavy atom. The predicted octanol–water partition coefficient (Wildman–Crippen LogP) is 2.15. The molecular formula is C14H20F2N2O2. The number of carbonyl (C=O) groups is 1. The third kappa shape index (κ3) is 5.13. The topological polar surface area (TPSA) is 50.4 Å². The van der Waals surface area contributed by atoms with Gasteiger partial charge in [-0.2, -0.15) is 8.78 Å². The molecule has 112 valence electrons. The molecule has 2 N–H and O–H groups in total. The third-order valence-electron chi connectivity index (χ3n) is 2.89. The van der Waals surface area contributed by atoms with Gasteiger partial charge in [-0.15, -0.1) is 0 Å². The van der Waals surface area contributed by atoms with Gasteiger partial charge in [0, 0.05) is 20.1 Å². The Morgan fingerprint density at radius 2 is 1.90 bits per heavy atom. The molecule has 0 bridgehead atoms. The molecule has 0 aliphatic heterocycles. The van der Waals surface area contributed by atoms with Crippen LogP contribution >= 0.6 is 0 Å². The number of hydrogen-bond acceptors (Lipinski definition) is 3. The molecule has 0 saturated heterocycles. The molecule has 0 radical (unpaired) electrons. The van der Waals surface area contributed by atoms with Crippen LogP contribution in [0.4, 0.5) is 8.78 Å². The first-order valence-electron chi connectivity index (χ1n) is 6.32. The van der Waals surface area contributed by atoms with Crippen LogP contribution in [-0.4, -0.2) is 26.1 Å². The summed E-state index contributed by atoms with van der Waals surface area (Å²) in [6.07, 6.45) is 0. The quantitative estimate of drug-likeness (QED) is 0.807. The van der Waals surface area contributed by atoms with Crippen molar-refractivity contribution in [3.8, 4) is 5.75 Å².